The van der Waals surface area contributed by atoms with Crippen LogP contribution < -0.4 is 16.0 Å². The highest BCUT2D eigenvalue weighted by molar-refractivity contribution is 6.30. The Hall–Kier alpha value is -2.81. The second-order valence-corrected chi connectivity index (χ2v) is 11.9. The van der Waals surface area contributed by atoms with Crippen LogP contribution in [0.3, 0.4) is 0 Å². The number of carboxylic acid groups (broad SMARTS) is 1. The molecule has 2 aliphatic carbocycles. The maximum absolute atomic E-state index is 13.4. The number of carbonyl (C=O) groups is 4. The van der Waals surface area contributed by atoms with Gasteiger partial charge in [0.2, 0.25) is 11.8 Å². The summed E-state index contributed by atoms with van der Waals surface area (Å²) in [6.45, 7) is -0.0134. The van der Waals surface area contributed by atoms with Gasteiger partial charge >= 0.3 is 12.1 Å². The fourth-order valence-electron chi connectivity index (χ4n) is 6.45. The van der Waals surface area contributed by atoms with Crippen molar-refractivity contribution >= 4 is 35.5 Å². The number of hydrogen-bond donors (Lipinski definition) is 4. The van der Waals surface area contributed by atoms with Gasteiger partial charge < -0.3 is 25.8 Å². The summed E-state index contributed by atoms with van der Waals surface area (Å²) in [5.41, 5.74) is 0.465. The molecule has 0 radical (unpaired) electrons. The number of benzene rings is 1. The lowest BCUT2D eigenvalue weighted by Gasteiger charge is -2.33. The van der Waals surface area contributed by atoms with E-state index in [9.17, 15) is 24.3 Å². The average Bonchev–Trinajstić information content (AvgIpc) is 3.21. The average molecular weight is 562 g/mol. The molecule has 39 heavy (non-hydrogen) atoms. The molecule has 2 saturated carbocycles. The molecule has 1 spiro atoms. The lowest BCUT2D eigenvalue weighted by molar-refractivity contribution is -0.143. The van der Waals surface area contributed by atoms with Crippen LogP contribution in [0, 0.1) is 11.8 Å². The van der Waals surface area contributed by atoms with Gasteiger partial charge in [0.05, 0.1) is 0 Å². The Morgan fingerprint density at radius 3 is 2.44 bits per heavy atom. The number of nitrogens with one attached hydrogen (secondary N) is 3. The lowest BCUT2D eigenvalue weighted by Crippen LogP contribution is -2.53. The first-order valence-corrected chi connectivity index (χ1v) is 14.6. The number of amides is 3. The summed E-state index contributed by atoms with van der Waals surface area (Å²) in [5.74, 6) is -2.13. The van der Waals surface area contributed by atoms with E-state index in [1.807, 2.05) is 0 Å². The van der Waals surface area contributed by atoms with Gasteiger partial charge in [-0.05, 0) is 55.7 Å². The van der Waals surface area contributed by atoms with E-state index in [1.54, 1.807) is 24.3 Å². The Labute approximate surface area is 234 Å². The van der Waals surface area contributed by atoms with Crippen LogP contribution in [0.1, 0.15) is 89.0 Å². The molecule has 3 fully saturated rings. The smallest absolute Gasteiger partial charge is 0.408 e. The van der Waals surface area contributed by atoms with Gasteiger partial charge in [-0.2, -0.15) is 0 Å². The molecule has 1 heterocycles. The van der Waals surface area contributed by atoms with E-state index in [-0.39, 0.29) is 30.4 Å². The molecule has 1 aromatic rings. The summed E-state index contributed by atoms with van der Waals surface area (Å²) in [7, 11) is 0. The van der Waals surface area contributed by atoms with Crippen LogP contribution in [-0.4, -0.2) is 46.6 Å². The third kappa shape index (κ3) is 8.34. The number of rotatable bonds is 10. The standard InChI is InChI=1S/C29H40ClN3O6/c30-22-11-7-10-20(14-22)18-39-28(38)32-23(15-19-8-3-1-4-9-19)26(35)31-24(27(36)37)16-21-17-29(33-25(21)34)12-5-2-6-13-29/h7,10-11,14,19,21,23-24H,1-6,8-9,12-13,15-18H2,(H,31,35)(H,32,38)(H,33,34)(H,36,37)/t21-,23-,24-/m0/s1. The van der Waals surface area contributed by atoms with E-state index >= 15 is 0 Å². The molecular weight excluding hydrogens is 522 g/mol. The number of carboxylic acids is 1. The van der Waals surface area contributed by atoms with Crippen LogP contribution >= 0.6 is 11.6 Å². The second kappa shape index (κ2) is 13.5. The number of ether oxygens (including phenoxy) is 1. The number of hydrogen-bond acceptors (Lipinski definition) is 5. The van der Waals surface area contributed by atoms with Crippen molar-refractivity contribution in [2.45, 2.75) is 108 Å². The molecule has 10 heteroatoms. The van der Waals surface area contributed by atoms with Crippen molar-refractivity contribution in [2.24, 2.45) is 11.8 Å². The van der Waals surface area contributed by atoms with E-state index < -0.39 is 36.0 Å². The summed E-state index contributed by atoms with van der Waals surface area (Å²) < 4.78 is 5.33. The van der Waals surface area contributed by atoms with Gasteiger partial charge in [0.15, 0.2) is 0 Å². The second-order valence-electron chi connectivity index (χ2n) is 11.5. The van der Waals surface area contributed by atoms with Crippen LogP contribution in [0.5, 0.6) is 0 Å². The molecule has 3 amide bonds. The molecule has 1 aromatic carbocycles. The van der Waals surface area contributed by atoms with Gasteiger partial charge in [-0.1, -0.05) is 75.1 Å². The fraction of sp³-hybridized carbons (Fsp3) is 0.655. The first kappa shape index (κ1) is 29.2. The van der Waals surface area contributed by atoms with E-state index in [0.717, 1.165) is 64.2 Å². The third-order valence-corrected chi connectivity index (χ3v) is 8.74. The summed E-state index contributed by atoms with van der Waals surface area (Å²) in [4.78, 5) is 50.9. The summed E-state index contributed by atoms with van der Waals surface area (Å²) in [5, 5.41) is 18.9. The minimum atomic E-state index is -1.23. The number of halogens is 1. The van der Waals surface area contributed by atoms with Gasteiger partial charge in [-0.25, -0.2) is 9.59 Å². The fourth-order valence-corrected chi connectivity index (χ4v) is 6.67. The van der Waals surface area contributed by atoms with E-state index in [0.29, 0.717) is 23.4 Å². The minimum absolute atomic E-state index is 0.0134. The van der Waals surface area contributed by atoms with Gasteiger partial charge in [0.25, 0.3) is 0 Å². The van der Waals surface area contributed by atoms with Gasteiger partial charge in [-0.15, -0.1) is 0 Å². The zero-order valence-corrected chi connectivity index (χ0v) is 23.1. The summed E-state index contributed by atoms with van der Waals surface area (Å²) in [6.07, 6.45) is 10.5. The summed E-state index contributed by atoms with van der Waals surface area (Å²) >= 11 is 6.00. The van der Waals surface area contributed by atoms with E-state index in [4.69, 9.17) is 16.3 Å². The highest BCUT2D eigenvalue weighted by Gasteiger charge is 2.46. The van der Waals surface area contributed by atoms with Crippen LogP contribution in [-0.2, 0) is 25.7 Å². The first-order valence-electron chi connectivity index (χ1n) is 14.3. The quantitative estimate of drug-likeness (QED) is 0.327. The molecule has 0 bridgehead atoms. The van der Waals surface area contributed by atoms with E-state index in [2.05, 4.69) is 16.0 Å². The predicted octanol–water partition coefficient (Wildman–Crippen LogP) is 4.70. The molecule has 1 aliphatic heterocycles. The van der Waals surface area contributed by atoms with Crippen molar-refractivity contribution in [3.63, 3.8) is 0 Å². The van der Waals surface area contributed by atoms with Crippen molar-refractivity contribution in [3.05, 3.63) is 34.9 Å². The lowest BCUT2D eigenvalue weighted by atomic mass is 9.78. The molecule has 4 N–H and O–H groups in total. The van der Waals surface area contributed by atoms with Crippen LogP contribution in [0.2, 0.25) is 5.02 Å². The molecule has 9 nitrogen and oxygen atoms in total. The Morgan fingerprint density at radius 2 is 1.74 bits per heavy atom. The van der Waals surface area contributed by atoms with Crippen molar-refractivity contribution in [1.29, 1.82) is 0 Å². The highest BCUT2D eigenvalue weighted by atomic mass is 35.5. The van der Waals surface area contributed by atoms with Crippen molar-refractivity contribution in [2.75, 3.05) is 0 Å². The van der Waals surface area contributed by atoms with E-state index in [1.165, 1.54) is 0 Å². The molecule has 1 saturated heterocycles. The van der Waals surface area contributed by atoms with Crippen molar-refractivity contribution in [3.8, 4) is 0 Å². The topological polar surface area (TPSA) is 134 Å². The Balaban J connectivity index is 1.38. The van der Waals surface area contributed by atoms with Gasteiger partial charge in [0, 0.05) is 16.5 Å². The third-order valence-electron chi connectivity index (χ3n) is 8.50. The number of alkyl carbamates (subject to hydrolysis) is 1. The molecule has 3 aliphatic rings. The van der Waals surface area contributed by atoms with Crippen LogP contribution in [0.25, 0.3) is 0 Å². The molecule has 4 rings (SSSR count). The normalized spacial score (nSPS) is 22.5. The molecule has 0 unspecified atom stereocenters. The Bertz CT molecular complexity index is 1040. The van der Waals surface area contributed by atoms with Crippen LogP contribution in [0.15, 0.2) is 24.3 Å². The SMILES string of the molecule is O=C(N[C@@H](CC1CCCCC1)C(=O)N[C@@H](C[C@H]1CC2(CCCCC2)NC1=O)C(=O)O)OCc1cccc(Cl)c1. The molecule has 0 aromatic heterocycles. The van der Waals surface area contributed by atoms with Crippen LogP contribution in [0.4, 0.5) is 4.79 Å². The Morgan fingerprint density at radius 1 is 1.03 bits per heavy atom. The number of aliphatic carboxylic acids is 1. The Kier molecular flexibility index (Phi) is 10.1. The minimum Gasteiger partial charge on any atom is -0.480 e. The maximum Gasteiger partial charge on any atom is 0.408 e. The first-order chi connectivity index (χ1) is 18.7. The largest absolute Gasteiger partial charge is 0.480 e. The summed E-state index contributed by atoms with van der Waals surface area (Å²) in [6, 6.07) is 4.77. The van der Waals surface area contributed by atoms with Gasteiger partial charge in [0.1, 0.15) is 18.7 Å². The highest BCUT2D eigenvalue weighted by Crippen LogP contribution is 2.39. The zero-order valence-electron chi connectivity index (χ0n) is 22.4. The molecule has 3 atom stereocenters. The van der Waals surface area contributed by atoms with Crippen molar-refractivity contribution < 1.29 is 29.0 Å². The number of carbonyl (C=O) groups excluding carboxylic acids is 3. The molecule has 214 valence electrons. The van der Waals surface area contributed by atoms with Gasteiger partial charge in [-0.3, -0.25) is 9.59 Å². The maximum atomic E-state index is 13.4. The molecular formula is C29H40ClN3O6. The van der Waals surface area contributed by atoms with Crippen molar-refractivity contribution in [1.82, 2.24) is 16.0 Å². The monoisotopic (exact) mass is 561 g/mol. The zero-order chi connectivity index (χ0) is 27.8. The predicted molar refractivity (Wildman–Crippen MR) is 146 cm³/mol.